The molecule has 0 spiro atoms. The van der Waals surface area contributed by atoms with Crippen molar-refractivity contribution in [2.45, 2.75) is 39.2 Å². The number of hydrogen-bond acceptors (Lipinski definition) is 7. The van der Waals surface area contributed by atoms with Crippen LogP contribution in [0.25, 0.3) is 22.0 Å². The predicted octanol–water partition coefficient (Wildman–Crippen LogP) is 4.20. The highest BCUT2D eigenvalue weighted by Gasteiger charge is 2.27. The SMILES string of the molecule is CC(C)(C)OC(=O)NCCNC(=O)C1CCN(c2nc(-c3ccnc(Cl)c3)cc3cnccc23)CC1. The van der Waals surface area contributed by atoms with Crippen LogP contribution in [0.3, 0.4) is 0 Å². The third kappa shape index (κ3) is 6.60. The standard InChI is InChI=1S/C26H31ClN6O3/c1-26(2,3)36-25(35)31-11-10-30-24(34)17-6-12-33(13-7-17)23-20-5-8-28-16-19(20)14-21(32-23)18-4-9-29-22(27)15-18/h4-5,8-9,14-17H,6-7,10-13H2,1-3H3,(H,30,34)(H,31,35). The number of rotatable bonds is 6. The van der Waals surface area contributed by atoms with Crippen molar-refractivity contribution < 1.29 is 14.3 Å². The average molecular weight is 511 g/mol. The Morgan fingerprint density at radius 3 is 2.58 bits per heavy atom. The van der Waals surface area contributed by atoms with E-state index in [0.29, 0.717) is 44.2 Å². The molecule has 0 bridgehead atoms. The summed E-state index contributed by atoms with van der Waals surface area (Å²) in [7, 11) is 0. The Bertz CT molecular complexity index is 1240. The fourth-order valence-corrected chi connectivity index (χ4v) is 4.37. The summed E-state index contributed by atoms with van der Waals surface area (Å²) in [6.07, 6.45) is 6.20. The van der Waals surface area contributed by atoms with Crippen LogP contribution < -0.4 is 15.5 Å². The third-order valence-electron chi connectivity index (χ3n) is 5.89. The van der Waals surface area contributed by atoms with E-state index in [9.17, 15) is 9.59 Å². The summed E-state index contributed by atoms with van der Waals surface area (Å²) in [5, 5.41) is 8.00. The second-order valence-electron chi connectivity index (χ2n) is 9.78. The number of pyridine rings is 3. The first-order valence-corrected chi connectivity index (χ1v) is 12.4. The minimum Gasteiger partial charge on any atom is -0.444 e. The van der Waals surface area contributed by atoms with Crippen LogP contribution >= 0.6 is 11.6 Å². The summed E-state index contributed by atoms with van der Waals surface area (Å²) < 4.78 is 5.20. The van der Waals surface area contributed by atoms with E-state index in [1.807, 2.05) is 24.4 Å². The number of carbonyl (C=O) groups excluding carboxylic acids is 2. The van der Waals surface area contributed by atoms with Crippen molar-refractivity contribution in [2.75, 3.05) is 31.1 Å². The van der Waals surface area contributed by atoms with Gasteiger partial charge in [0.15, 0.2) is 0 Å². The number of carbonyl (C=O) groups is 2. The first kappa shape index (κ1) is 25.6. The first-order chi connectivity index (χ1) is 17.2. The minimum absolute atomic E-state index is 0.00262. The van der Waals surface area contributed by atoms with Crippen LogP contribution in [0, 0.1) is 5.92 Å². The molecule has 0 saturated carbocycles. The highest BCUT2D eigenvalue weighted by molar-refractivity contribution is 6.29. The van der Waals surface area contributed by atoms with E-state index in [0.717, 1.165) is 27.8 Å². The van der Waals surface area contributed by atoms with E-state index in [4.69, 9.17) is 21.3 Å². The van der Waals surface area contributed by atoms with E-state index in [-0.39, 0.29) is 11.8 Å². The fourth-order valence-electron chi connectivity index (χ4n) is 4.19. The number of alkyl carbamates (subject to hydrolysis) is 1. The zero-order valence-electron chi connectivity index (χ0n) is 20.8. The summed E-state index contributed by atoms with van der Waals surface area (Å²) >= 11 is 6.11. The van der Waals surface area contributed by atoms with E-state index in [2.05, 4.69) is 25.5 Å². The molecule has 0 atom stereocenters. The Morgan fingerprint density at radius 1 is 1.11 bits per heavy atom. The van der Waals surface area contributed by atoms with Crippen LogP contribution in [0.5, 0.6) is 0 Å². The van der Waals surface area contributed by atoms with Crippen LogP contribution in [-0.2, 0) is 9.53 Å². The lowest BCUT2D eigenvalue weighted by Gasteiger charge is -2.33. The summed E-state index contributed by atoms with van der Waals surface area (Å²) in [6.45, 7) is 7.50. The molecular weight excluding hydrogens is 480 g/mol. The lowest BCUT2D eigenvalue weighted by molar-refractivity contribution is -0.125. The molecule has 0 aromatic carbocycles. The molecular formula is C26H31ClN6O3. The molecule has 3 aromatic heterocycles. The number of amides is 2. The Morgan fingerprint density at radius 2 is 1.86 bits per heavy atom. The van der Waals surface area contributed by atoms with Gasteiger partial charge in [-0.3, -0.25) is 9.78 Å². The molecule has 1 aliphatic heterocycles. The highest BCUT2D eigenvalue weighted by atomic mass is 35.5. The third-order valence-corrected chi connectivity index (χ3v) is 6.10. The maximum atomic E-state index is 12.7. The van der Waals surface area contributed by atoms with E-state index < -0.39 is 11.7 Å². The van der Waals surface area contributed by atoms with Gasteiger partial charge < -0.3 is 20.3 Å². The van der Waals surface area contributed by atoms with Crippen LogP contribution in [0.4, 0.5) is 10.6 Å². The molecule has 36 heavy (non-hydrogen) atoms. The molecule has 1 aliphatic rings. The maximum absolute atomic E-state index is 12.7. The van der Waals surface area contributed by atoms with Crippen molar-refractivity contribution in [3.63, 3.8) is 0 Å². The van der Waals surface area contributed by atoms with Gasteiger partial charge in [0.2, 0.25) is 5.91 Å². The van der Waals surface area contributed by atoms with Crippen LogP contribution in [-0.4, -0.2) is 58.7 Å². The molecule has 0 radical (unpaired) electrons. The van der Waals surface area contributed by atoms with Crippen molar-refractivity contribution in [1.82, 2.24) is 25.6 Å². The number of halogens is 1. The predicted molar refractivity (Wildman–Crippen MR) is 140 cm³/mol. The zero-order chi connectivity index (χ0) is 25.7. The molecule has 1 saturated heterocycles. The maximum Gasteiger partial charge on any atom is 0.407 e. The Hall–Kier alpha value is -3.46. The zero-order valence-corrected chi connectivity index (χ0v) is 21.5. The van der Waals surface area contributed by atoms with Crippen molar-refractivity contribution in [3.05, 3.63) is 48.0 Å². The quantitative estimate of drug-likeness (QED) is 0.377. The molecule has 0 aliphatic carbocycles. The summed E-state index contributed by atoms with van der Waals surface area (Å²) in [6, 6.07) is 7.65. The number of nitrogens with one attached hydrogen (secondary N) is 2. The normalized spacial score (nSPS) is 14.5. The smallest absolute Gasteiger partial charge is 0.407 e. The molecule has 3 aromatic rings. The first-order valence-electron chi connectivity index (χ1n) is 12.1. The van der Waals surface area contributed by atoms with Gasteiger partial charge in [0.05, 0.1) is 5.69 Å². The Balaban J connectivity index is 1.37. The number of hydrogen-bond donors (Lipinski definition) is 2. The molecule has 190 valence electrons. The molecule has 2 N–H and O–H groups in total. The van der Waals surface area contributed by atoms with Crippen LogP contribution in [0.15, 0.2) is 42.9 Å². The van der Waals surface area contributed by atoms with Crippen molar-refractivity contribution in [1.29, 1.82) is 0 Å². The van der Waals surface area contributed by atoms with Crippen LogP contribution in [0.1, 0.15) is 33.6 Å². The Kier molecular flexibility index (Phi) is 7.88. The number of aromatic nitrogens is 3. The average Bonchev–Trinajstić information content (AvgIpc) is 2.85. The van der Waals surface area contributed by atoms with Gasteiger partial charge >= 0.3 is 6.09 Å². The van der Waals surface area contributed by atoms with Gasteiger partial charge in [-0.25, -0.2) is 14.8 Å². The molecule has 10 heteroatoms. The number of anilines is 1. The fraction of sp³-hybridized carbons (Fsp3) is 0.423. The van der Waals surface area contributed by atoms with E-state index >= 15 is 0 Å². The van der Waals surface area contributed by atoms with Crippen molar-refractivity contribution in [3.8, 4) is 11.3 Å². The largest absolute Gasteiger partial charge is 0.444 e. The van der Waals surface area contributed by atoms with Gasteiger partial charge in [-0.15, -0.1) is 0 Å². The number of ether oxygens (including phenoxy) is 1. The van der Waals surface area contributed by atoms with Crippen LogP contribution in [0.2, 0.25) is 5.15 Å². The monoisotopic (exact) mass is 510 g/mol. The van der Waals surface area contributed by atoms with Gasteiger partial charge in [0, 0.05) is 67.0 Å². The van der Waals surface area contributed by atoms with Gasteiger partial charge in [0.25, 0.3) is 0 Å². The minimum atomic E-state index is -0.553. The van der Waals surface area contributed by atoms with Gasteiger partial charge in [-0.1, -0.05) is 11.6 Å². The second kappa shape index (κ2) is 11.1. The lowest BCUT2D eigenvalue weighted by atomic mass is 9.95. The molecule has 1 fully saturated rings. The molecule has 9 nitrogen and oxygen atoms in total. The number of nitrogens with zero attached hydrogens (tertiary/aromatic N) is 4. The van der Waals surface area contributed by atoms with Gasteiger partial charge in [-0.05, 0) is 57.9 Å². The summed E-state index contributed by atoms with van der Waals surface area (Å²) in [5.41, 5.74) is 1.13. The highest BCUT2D eigenvalue weighted by Crippen LogP contribution is 2.32. The molecule has 4 rings (SSSR count). The molecule has 2 amide bonds. The summed E-state index contributed by atoms with van der Waals surface area (Å²) in [5.74, 6) is 0.791. The van der Waals surface area contributed by atoms with Crippen molar-refractivity contribution in [2.24, 2.45) is 5.92 Å². The Labute approximate surface area is 215 Å². The topological polar surface area (TPSA) is 109 Å². The van der Waals surface area contributed by atoms with Gasteiger partial charge in [0.1, 0.15) is 16.6 Å². The molecule has 4 heterocycles. The van der Waals surface area contributed by atoms with Crippen molar-refractivity contribution >= 4 is 40.2 Å². The van der Waals surface area contributed by atoms with E-state index in [1.165, 1.54) is 0 Å². The molecule has 0 unspecified atom stereocenters. The van der Waals surface area contributed by atoms with E-state index in [1.54, 1.807) is 39.2 Å². The summed E-state index contributed by atoms with van der Waals surface area (Å²) in [4.78, 5) is 39.9. The van der Waals surface area contributed by atoms with Gasteiger partial charge in [-0.2, -0.15) is 0 Å². The second-order valence-corrected chi connectivity index (χ2v) is 10.2. The lowest BCUT2D eigenvalue weighted by Crippen LogP contribution is -2.43. The number of piperidine rings is 1. The number of fused-ring (bicyclic) bond motifs is 1.